The third-order valence-corrected chi connectivity index (χ3v) is 3.86. The van der Waals surface area contributed by atoms with Gasteiger partial charge >= 0.3 is 12.1 Å². The van der Waals surface area contributed by atoms with Crippen LogP contribution in [-0.2, 0) is 19.1 Å². The summed E-state index contributed by atoms with van der Waals surface area (Å²) in [7, 11) is 0. The third-order valence-electron chi connectivity index (χ3n) is 2.63. The summed E-state index contributed by atoms with van der Waals surface area (Å²) < 4.78 is 41.2. The smallest absolute Gasteiger partial charge is 0.329 e. The summed E-state index contributed by atoms with van der Waals surface area (Å²) in [5, 5.41) is 6.58. The summed E-state index contributed by atoms with van der Waals surface area (Å²) in [6.45, 7) is 1.61. The molecule has 19 heavy (non-hydrogen) atoms. The van der Waals surface area contributed by atoms with Crippen LogP contribution in [0.15, 0.2) is 10.6 Å². The van der Waals surface area contributed by atoms with Crippen molar-refractivity contribution >= 4 is 23.7 Å². The average molecular weight is 312 g/mol. The fourth-order valence-corrected chi connectivity index (χ4v) is 2.91. The molecule has 0 atom stereocenters. The second kappa shape index (κ2) is 5.10. The number of thiophene rings is 1. The lowest BCUT2D eigenvalue weighted by molar-refractivity contribution is -0.159. The van der Waals surface area contributed by atoms with Crippen LogP contribution in [0.4, 0.5) is 13.2 Å². The molecule has 0 saturated heterocycles. The highest BCUT2D eigenvalue weighted by atomic mass is 35.5. The van der Waals surface area contributed by atoms with E-state index in [-0.39, 0.29) is 18.2 Å². The molecule has 0 aromatic carbocycles. The van der Waals surface area contributed by atoms with Gasteiger partial charge in [-0.1, -0.05) is 5.16 Å². The van der Waals surface area contributed by atoms with Gasteiger partial charge in [-0.2, -0.15) is 18.2 Å². The van der Waals surface area contributed by atoms with Crippen LogP contribution in [0.1, 0.15) is 16.3 Å². The van der Waals surface area contributed by atoms with Crippen LogP contribution in [-0.4, -0.2) is 16.7 Å². The second-order valence-electron chi connectivity index (χ2n) is 3.91. The Kier molecular flexibility index (Phi) is 3.84. The Balaban J connectivity index is 0.00000133. The van der Waals surface area contributed by atoms with Gasteiger partial charge in [0.05, 0.1) is 4.88 Å². The maximum absolute atomic E-state index is 12.3. The molecule has 3 rings (SSSR count). The molecule has 104 valence electrons. The molecule has 0 unspecified atom stereocenters. The Labute approximate surface area is 116 Å². The number of hydrogen-bond acceptors (Lipinski definition) is 5. The molecule has 0 saturated carbocycles. The van der Waals surface area contributed by atoms with Crippen LogP contribution < -0.4 is 5.32 Å². The van der Waals surface area contributed by atoms with Gasteiger partial charge in [0.1, 0.15) is 0 Å². The molecule has 0 radical (unpaired) electrons. The standard InChI is InChI=1S/C10H8F3N3OS.ClH/c11-10(12,13)9-15-8(16-17-9)7-3-5-4-14-2-1-6(5)18-7;/h3,14H,1-2,4H2;1H. The minimum atomic E-state index is -4.59. The largest absolute Gasteiger partial charge is 0.471 e. The van der Waals surface area contributed by atoms with Gasteiger partial charge in [0.25, 0.3) is 0 Å². The summed E-state index contributed by atoms with van der Waals surface area (Å²) >= 11 is 1.42. The molecular weight excluding hydrogens is 303 g/mol. The quantitative estimate of drug-likeness (QED) is 0.880. The van der Waals surface area contributed by atoms with Gasteiger partial charge in [-0.25, -0.2) is 0 Å². The van der Waals surface area contributed by atoms with Crippen molar-refractivity contribution in [3.63, 3.8) is 0 Å². The van der Waals surface area contributed by atoms with E-state index in [0.29, 0.717) is 4.88 Å². The Morgan fingerprint density at radius 3 is 2.79 bits per heavy atom. The maximum Gasteiger partial charge on any atom is 0.471 e. The number of halogens is 4. The van der Waals surface area contributed by atoms with E-state index in [2.05, 4.69) is 20.0 Å². The number of nitrogens with zero attached hydrogens (tertiary/aromatic N) is 2. The number of fused-ring (bicyclic) bond motifs is 1. The number of alkyl halides is 3. The number of hydrogen-bond donors (Lipinski definition) is 1. The van der Waals surface area contributed by atoms with E-state index in [9.17, 15) is 13.2 Å². The SMILES string of the molecule is Cl.FC(F)(F)c1nc(-c2cc3c(s2)CCNC3)no1. The first kappa shape index (κ1) is 14.3. The van der Waals surface area contributed by atoms with Gasteiger partial charge in [0.15, 0.2) is 0 Å². The lowest BCUT2D eigenvalue weighted by atomic mass is 10.1. The first-order valence-corrected chi connectivity index (χ1v) is 6.09. The van der Waals surface area contributed by atoms with Crippen LogP contribution in [0.25, 0.3) is 10.7 Å². The summed E-state index contributed by atoms with van der Waals surface area (Å²) in [5.41, 5.74) is 1.10. The van der Waals surface area contributed by atoms with Crippen LogP contribution >= 0.6 is 23.7 Å². The lowest BCUT2D eigenvalue weighted by Gasteiger charge is -2.10. The molecule has 0 spiro atoms. The van der Waals surface area contributed by atoms with E-state index >= 15 is 0 Å². The highest BCUT2D eigenvalue weighted by Crippen LogP contribution is 2.34. The van der Waals surface area contributed by atoms with Gasteiger partial charge in [0.2, 0.25) is 5.82 Å². The van der Waals surface area contributed by atoms with Crippen molar-refractivity contribution in [1.29, 1.82) is 0 Å². The maximum atomic E-state index is 12.3. The van der Waals surface area contributed by atoms with Gasteiger partial charge < -0.3 is 9.84 Å². The highest BCUT2D eigenvalue weighted by Gasteiger charge is 2.38. The molecule has 4 nitrogen and oxygen atoms in total. The molecule has 3 heterocycles. The van der Waals surface area contributed by atoms with E-state index in [1.807, 2.05) is 6.07 Å². The molecule has 0 amide bonds. The second-order valence-corrected chi connectivity index (χ2v) is 5.04. The first-order chi connectivity index (χ1) is 8.54. The summed E-state index contributed by atoms with van der Waals surface area (Å²) in [6.07, 6.45) is -3.71. The van der Waals surface area contributed by atoms with Crippen LogP contribution in [0.3, 0.4) is 0 Å². The third kappa shape index (κ3) is 2.75. The van der Waals surface area contributed by atoms with Crippen LogP contribution in [0.5, 0.6) is 0 Å². The van der Waals surface area contributed by atoms with Gasteiger partial charge in [-0.15, -0.1) is 23.7 Å². The predicted molar refractivity (Wildman–Crippen MR) is 65.3 cm³/mol. The topological polar surface area (TPSA) is 51.0 Å². The van der Waals surface area contributed by atoms with E-state index < -0.39 is 12.1 Å². The molecule has 0 aliphatic carbocycles. The molecular formula is C10H9ClF3N3OS. The molecule has 1 aliphatic rings. The zero-order valence-corrected chi connectivity index (χ0v) is 11.1. The molecule has 9 heteroatoms. The van der Waals surface area contributed by atoms with Gasteiger partial charge in [-0.05, 0) is 18.1 Å². The normalized spacial score (nSPS) is 14.9. The van der Waals surface area contributed by atoms with Crippen molar-refractivity contribution in [2.75, 3.05) is 6.54 Å². The van der Waals surface area contributed by atoms with Crippen molar-refractivity contribution in [1.82, 2.24) is 15.5 Å². The monoisotopic (exact) mass is 311 g/mol. The fourth-order valence-electron chi connectivity index (χ4n) is 1.80. The summed E-state index contributed by atoms with van der Waals surface area (Å²) in [6, 6.07) is 1.82. The van der Waals surface area contributed by atoms with Crippen LogP contribution in [0, 0.1) is 0 Å². The molecule has 1 aliphatic heterocycles. The first-order valence-electron chi connectivity index (χ1n) is 5.27. The predicted octanol–water partition coefficient (Wildman–Crippen LogP) is 2.88. The molecule has 0 bridgehead atoms. The highest BCUT2D eigenvalue weighted by molar-refractivity contribution is 7.15. The Morgan fingerprint density at radius 1 is 1.37 bits per heavy atom. The van der Waals surface area contributed by atoms with Gasteiger partial charge in [0, 0.05) is 18.0 Å². The van der Waals surface area contributed by atoms with Crippen molar-refractivity contribution in [3.05, 3.63) is 22.4 Å². The van der Waals surface area contributed by atoms with E-state index in [1.165, 1.54) is 16.2 Å². The summed E-state index contributed by atoms with van der Waals surface area (Å²) in [5.74, 6) is -1.30. The fraction of sp³-hybridized carbons (Fsp3) is 0.400. The Bertz CT molecular complexity index is 557. The lowest BCUT2D eigenvalue weighted by Crippen LogP contribution is -2.21. The zero-order valence-electron chi connectivity index (χ0n) is 9.45. The number of aromatic nitrogens is 2. The zero-order chi connectivity index (χ0) is 12.8. The number of nitrogens with one attached hydrogen (secondary N) is 1. The molecule has 2 aromatic heterocycles. The van der Waals surface area contributed by atoms with Gasteiger partial charge in [-0.3, -0.25) is 0 Å². The molecule has 1 N–H and O–H groups in total. The Hall–Kier alpha value is -1.12. The van der Waals surface area contributed by atoms with E-state index in [1.54, 1.807) is 0 Å². The van der Waals surface area contributed by atoms with Crippen LogP contribution in [0.2, 0.25) is 0 Å². The average Bonchev–Trinajstić information content (AvgIpc) is 2.94. The minimum Gasteiger partial charge on any atom is -0.329 e. The van der Waals surface area contributed by atoms with E-state index in [0.717, 1.165) is 25.1 Å². The van der Waals surface area contributed by atoms with Crippen molar-refractivity contribution in [2.24, 2.45) is 0 Å². The minimum absolute atomic E-state index is 0. The van der Waals surface area contributed by atoms with Crippen molar-refractivity contribution < 1.29 is 17.7 Å². The molecule has 2 aromatic rings. The van der Waals surface area contributed by atoms with Crippen molar-refractivity contribution in [2.45, 2.75) is 19.1 Å². The number of rotatable bonds is 1. The molecule has 0 fully saturated rings. The van der Waals surface area contributed by atoms with E-state index in [4.69, 9.17) is 0 Å². The summed E-state index contributed by atoms with van der Waals surface area (Å²) in [4.78, 5) is 5.16. The van der Waals surface area contributed by atoms with Crippen molar-refractivity contribution in [3.8, 4) is 10.7 Å². The Morgan fingerprint density at radius 2 is 2.16 bits per heavy atom.